The van der Waals surface area contributed by atoms with Crippen LogP contribution in [0.5, 0.6) is 0 Å². The number of hydrogen-bond acceptors (Lipinski definition) is 2. The van der Waals surface area contributed by atoms with E-state index in [-0.39, 0.29) is 11.9 Å². The van der Waals surface area contributed by atoms with E-state index in [1.54, 1.807) is 0 Å². The third-order valence-corrected chi connectivity index (χ3v) is 3.09. The number of carbonyl (C=O) groups is 1. The second kappa shape index (κ2) is 4.30. The highest BCUT2D eigenvalue weighted by atomic mass is 16.2. The predicted molar refractivity (Wildman–Crippen MR) is 57.8 cm³/mol. The summed E-state index contributed by atoms with van der Waals surface area (Å²) in [6, 6.07) is 0.00816. The van der Waals surface area contributed by atoms with Gasteiger partial charge in [-0.2, -0.15) is 0 Å². The molecule has 0 aliphatic heterocycles. The largest absolute Gasteiger partial charge is 0.352 e. The molecule has 3 heteroatoms. The van der Waals surface area contributed by atoms with Crippen LogP contribution in [0.15, 0.2) is 0 Å². The molecule has 0 saturated heterocycles. The molecule has 2 atom stereocenters. The van der Waals surface area contributed by atoms with Gasteiger partial charge in [0.1, 0.15) is 0 Å². The van der Waals surface area contributed by atoms with E-state index in [4.69, 9.17) is 5.73 Å². The second-order valence-electron chi connectivity index (χ2n) is 5.13. The highest BCUT2D eigenvalue weighted by Gasteiger charge is 2.32. The number of carbonyl (C=O) groups excluding carboxylic acids is 1. The summed E-state index contributed by atoms with van der Waals surface area (Å²) in [7, 11) is 0. The van der Waals surface area contributed by atoms with E-state index in [1.165, 1.54) is 6.42 Å². The molecule has 0 spiro atoms. The molecule has 0 aromatic carbocycles. The van der Waals surface area contributed by atoms with Gasteiger partial charge in [-0.25, -0.2) is 0 Å². The molecule has 0 radical (unpaired) electrons. The number of hydrogen-bond donors (Lipinski definition) is 2. The monoisotopic (exact) mass is 198 g/mol. The molecular weight excluding hydrogens is 176 g/mol. The summed E-state index contributed by atoms with van der Waals surface area (Å²) >= 11 is 0. The van der Waals surface area contributed by atoms with E-state index >= 15 is 0 Å². The fourth-order valence-corrected chi connectivity index (χ4v) is 2.05. The molecule has 3 N–H and O–H groups in total. The van der Waals surface area contributed by atoms with Crippen molar-refractivity contribution in [3.63, 3.8) is 0 Å². The molecule has 2 unspecified atom stereocenters. The number of nitrogens with two attached hydrogens (primary N) is 1. The van der Waals surface area contributed by atoms with Crippen molar-refractivity contribution in [2.45, 2.75) is 58.5 Å². The highest BCUT2D eigenvalue weighted by molar-refractivity contribution is 5.81. The lowest BCUT2D eigenvalue weighted by atomic mass is 9.92. The predicted octanol–water partition coefficient (Wildman–Crippen LogP) is 1.42. The van der Waals surface area contributed by atoms with Crippen molar-refractivity contribution in [3.05, 3.63) is 0 Å². The maximum Gasteiger partial charge on any atom is 0.237 e. The van der Waals surface area contributed by atoms with Crippen molar-refractivity contribution in [3.8, 4) is 0 Å². The van der Waals surface area contributed by atoms with Crippen molar-refractivity contribution >= 4 is 5.91 Å². The Morgan fingerprint density at radius 3 is 2.71 bits per heavy atom. The zero-order chi connectivity index (χ0) is 10.8. The van der Waals surface area contributed by atoms with E-state index in [9.17, 15) is 4.79 Å². The number of nitrogens with one attached hydrogen (secondary N) is 1. The first-order chi connectivity index (χ1) is 6.44. The van der Waals surface area contributed by atoms with Gasteiger partial charge >= 0.3 is 0 Å². The lowest BCUT2D eigenvalue weighted by Crippen LogP contribution is -2.44. The van der Waals surface area contributed by atoms with Gasteiger partial charge in [0.2, 0.25) is 5.91 Å². The molecule has 1 amide bonds. The lowest BCUT2D eigenvalue weighted by molar-refractivity contribution is -0.123. The second-order valence-corrected chi connectivity index (χ2v) is 5.13. The van der Waals surface area contributed by atoms with Gasteiger partial charge in [0, 0.05) is 6.04 Å². The Morgan fingerprint density at radius 1 is 1.64 bits per heavy atom. The fraction of sp³-hybridized carbons (Fsp3) is 0.909. The van der Waals surface area contributed by atoms with Crippen LogP contribution in [0.2, 0.25) is 0 Å². The fourth-order valence-electron chi connectivity index (χ4n) is 2.05. The summed E-state index contributed by atoms with van der Waals surface area (Å²) in [5.41, 5.74) is 6.03. The molecule has 1 aliphatic carbocycles. The zero-order valence-corrected chi connectivity index (χ0v) is 9.47. The van der Waals surface area contributed by atoms with E-state index in [2.05, 4.69) is 19.2 Å². The van der Waals surface area contributed by atoms with Gasteiger partial charge in [-0.1, -0.05) is 20.8 Å². The van der Waals surface area contributed by atoms with Crippen molar-refractivity contribution in [2.75, 3.05) is 0 Å². The quantitative estimate of drug-likeness (QED) is 0.720. The van der Waals surface area contributed by atoms with Gasteiger partial charge in [0.25, 0.3) is 0 Å². The maximum atomic E-state index is 11.5. The Balaban J connectivity index is 2.36. The molecule has 1 rings (SSSR count). The summed E-state index contributed by atoms with van der Waals surface area (Å²) in [5.74, 6) is 0.00944. The first-order valence-electron chi connectivity index (χ1n) is 5.50. The summed E-state index contributed by atoms with van der Waals surface area (Å²) in [6.45, 7) is 6.43. The molecule has 0 heterocycles. The Kier molecular flexibility index (Phi) is 3.53. The van der Waals surface area contributed by atoms with E-state index in [0.717, 1.165) is 12.8 Å². The summed E-state index contributed by atoms with van der Waals surface area (Å²) < 4.78 is 0. The number of amides is 1. The Hall–Kier alpha value is -0.570. The van der Waals surface area contributed by atoms with Crippen molar-refractivity contribution in [1.29, 1.82) is 0 Å². The molecule has 1 aliphatic rings. The normalized spacial score (nSPS) is 27.3. The van der Waals surface area contributed by atoms with Crippen molar-refractivity contribution < 1.29 is 4.79 Å². The van der Waals surface area contributed by atoms with Crippen LogP contribution in [0.25, 0.3) is 0 Å². The van der Waals surface area contributed by atoms with Crippen LogP contribution in [0.1, 0.15) is 46.5 Å². The minimum absolute atomic E-state index is 0.00944. The van der Waals surface area contributed by atoms with Gasteiger partial charge in [0.15, 0.2) is 0 Å². The first kappa shape index (κ1) is 11.5. The summed E-state index contributed by atoms with van der Waals surface area (Å²) in [6.07, 6.45) is 4.08. The van der Waals surface area contributed by atoms with Crippen LogP contribution in [-0.2, 0) is 4.79 Å². The molecule has 1 fully saturated rings. The third-order valence-electron chi connectivity index (χ3n) is 3.09. The van der Waals surface area contributed by atoms with Crippen molar-refractivity contribution in [1.82, 2.24) is 5.32 Å². The minimum Gasteiger partial charge on any atom is -0.352 e. The van der Waals surface area contributed by atoms with Crippen LogP contribution in [0.4, 0.5) is 0 Å². The Bertz CT molecular complexity index is 213. The molecule has 0 bridgehead atoms. The topological polar surface area (TPSA) is 55.1 Å². The van der Waals surface area contributed by atoms with E-state index < -0.39 is 0 Å². The summed E-state index contributed by atoms with van der Waals surface area (Å²) in [5, 5.41) is 3.02. The highest BCUT2D eigenvalue weighted by Crippen LogP contribution is 2.36. The van der Waals surface area contributed by atoms with Gasteiger partial charge < -0.3 is 11.1 Å². The molecule has 82 valence electrons. The van der Waals surface area contributed by atoms with Gasteiger partial charge in [-0.3, -0.25) is 4.79 Å². The zero-order valence-electron chi connectivity index (χ0n) is 9.47. The third kappa shape index (κ3) is 2.98. The summed E-state index contributed by atoms with van der Waals surface area (Å²) in [4.78, 5) is 11.5. The van der Waals surface area contributed by atoms with Crippen LogP contribution in [0.3, 0.4) is 0 Å². The molecule has 0 aromatic heterocycles. The average Bonchev–Trinajstić information content (AvgIpc) is 2.44. The standard InChI is InChI=1S/C11H22N2O/c1-4-9(12)10(14)13-8-5-6-11(2,3)7-8/h8-9H,4-7,12H2,1-3H3,(H,13,14). The Labute approximate surface area is 86.4 Å². The van der Waals surface area contributed by atoms with Gasteiger partial charge in [0.05, 0.1) is 6.04 Å². The Morgan fingerprint density at radius 2 is 2.29 bits per heavy atom. The van der Waals surface area contributed by atoms with Gasteiger partial charge in [-0.05, 0) is 31.1 Å². The first-order valence-corrected chi connectivity index (χ1v) is 5.50. The van der Waals surface area contributed by atoms with Crippen molar-refractivity contribution in [2.24, 2.45) is 11.1 Å². The smallest absolute Gasteiger partial charge is 0.237 e. The molecule has 3 nitrogen and oxygen atoms in total. The van der Waals surface area contributed by atoms with Gasteiger partial charge in [-0.15, -0.1) is 0 Å². The molecular formula is C11H22N2O. The van der Waals surface area contributed by atoms with Crippen LogP contribution in [-0.4, -0.2) is 18.0 Å². The molecule has 1 saturated carbocycles. The average molecular weight is 198 g/mol. The number of rotatable bonds is 3. The minimum atomic E-state index is -0.335. The van der Waals surface area contributed by atoms with E-state index in [0.29, 0.717) is 17.9 Å². The SMILES string of the molecule is CCC(N)C(=O)NC1CCC(C)(C)C1. The molecule has 14 heavy (non-hydrogen) atoms. The molecule has 0 aromatic rings. The van der Waals surface area contributed by atoms with Crippen LogP contribution < -0.4 is 11.1 Å². The van der Waals surface area contributed by atoms with Crippen LogP contribution >= 0.6 is 0 Å². The van der Waals surface area contributed by atoms with Crippen LogP contribution in [0, 0.1) is 5.41 Å². The lowest BCUT2D eigenvalue weighted by Gasteiger charge is -2.19. The maximum absolute atomic E-state index is 11.5. The van der Waals surface area contributed by atoms with E-state index in [1.807, 2.05) is 6.92 Å².